The van der Waals surface area contributed by atoms with Crippen molar-refractivity contribution in [3.63, 3.8) is 0 Å². The van der Waals surface area contributed by atoms with Crippen molar-refractivity contribution in [1.29, 1.82) is 0 Å². The van der Waals surface area contributed by atoms with Crippen molar-refractivity contribution in [2.75, 3.05) is 18.5 Å². The smallest absolute Gasteiger partial charge is 0.314 e. The SMILES string of the molecule is Cc1cc(=O)[nH]c(-n2nc(C)cc2NC(=O)C(=O)NC[C@@H]2CCCO2)n1. The van der Waals surface area contributed by atoms with E-state index in [9.17, 15) is 14.4 Å². The predicted molar refractivity (Wildman–Crippen MR) is 92.1 cm³/mol. The molecule has 0 aliphatic carbocycles. The average Bonchev–Trinajstić information content (AvgIpc) is 3.21. The predicted octanol–water partition coefficient (Wildman–Crippen LogP) is -0.194. The van der Waals surface area contributed by atoms with Crippen molar-refractivity contribution in [3.8, 4) is 5.95 Å². The number of nitrogens with one attached hydrogen (secondary N) is 3. The van der Waals surface area contributed by atoms with Gasteiger partial charge in [-0.05, 0) is 26.7 Å². The highest BCUT2D eigenvalue weighted by molar-refractivity contribution is 6.39. The summed E-state index contributed by atoms with van der Waals surface area (Å²) in [4.78, 5) is 42.5. The second-order valence-corrected chi connectivity index (χ2v) is 6.09. The number of aromatic amines is 1. The van der Waals surface area contributed by atoms with Gasteiger partial charge in [0.1, 0.15) is 5.82 Å². The molecule has 138 valence electrons. The lowest BCUT2D eigenvalue weighted by atomic mass is 10.2. The first kappa shape index (κ1) is 17.8. The van der Waals surface area contributed by atoms with Crippen LogP contribution in [-0.2, 0) is 14.3 Å². The summed E-state index contributed by atoms with van der Waals surface area (Å²) >= 11 is 0. The van der Waals surface area contributed by atoms with E-state index in [1.54, 1.807) is 19.9 Å². The molecule has 3 rings (SSSR count). The fraction of sp³-hybridized carbons (Fsp3) is 0.438. The number of anilines is 1. The van der Waals surface area contributed by atoms with E-state index in [1.807, 2.05) is 0 Å². The number of rotatable bonds is 4. The Morgan fingerprint density at radius 3 is 2.81 bits per heavy atom. The van der Waals surface area contributed by atoms with Crippen LogP contribution in [0.1, 0.15) is 24.2 Å². The van der Waals surface area contributed by atoms with Gasteiger partial charge in [-0.15, -0.1) is 0 Å². The highest BCUT2D eigenvalue weighted by Crippen LogP contribution is 2.14. The van der Waals surface area contributed by atoms with Crippen molar-refractivity contribution in [2.45, 2.75) is 32.8 Å². The Hall–Kier alpha value is -3.01. The van der Waals surface area contributed by atoms with Crippen LogP contribution < -0.4 is 16.2 Å². The summed E-state index contributed by atoms with van der Waals surface area (Å²) in [5.74, 6) is -1.22. The van der Waals surface area contributed by atoms with Crippen LogP contribution in [-0.4, -0.2) is 50.8 Å². The molecule has 2 aromatic rings. The lowest BCUT2D eigenvalue weighted by molar-refractivity contribution is -0.136. The molecule has 0 bridgehead atoms. The Kier molecular flexibility index (Phi) is 5.12. The summed E-state index contributed by atoms with van der Waals surface area (Å²) < 4.78 is 6.67. The lowest BCUT2D eigenvalue weighted by Gasteiger charge is -2.11. The molecule has 0 saturated carbocycles. The fourth-order valence-electron chi connectivity index (χ4n) is 2.68. The Bertz CT molecular complexity index is 881. The largest absolute Gasteiger partial charge is 0.376 e. The van der Waals surface area contributed by atoms with Crippen LogP contribution in [0.2, 0.25) is 0 Å². The van der Waals surface area contributed by atoms with Crippen LogP contribution in [0.5, 0.6) is 0 Å². The van der Waals surface area contributed by atoms with E-state index < -0.39 is 11.8 Å². The van der Waals surface area contributed by atoms with Gasteiger partial charge in [0.15, 0.2) is 0 Å². The molecule has 0 radical (unpaired) electrons. The van der Waals surface area contributed by atoms with Gasteiger partial charge in [-0.2, -0.15) is 9.78 Å². The molecule has 2 amide bonds. The molecule has 1 fully saturated rings. The Morgan fingerprint density at radius 1 is 1.31 bits per heavy atom. The minimum atomic E-state index is -0.834. The number of H-pyrrole nitrogens is 1. The van der Waals surface area contributed by atoms with Gasteiger partial charge in [0.2, 0.25) is 5.95 Å². The number of aryl methyl sites for hydroxylation is 2. The molecule has 1 aliphatic rings. The van der Waals surface area contributed by atoms with Gasteiger partial charge >= 0.3 is 11.8 Å². The molecule has 1 saturated heterocycles. The quantitative estimate of drug-likeness (QED) is 0.648. The van der Waals surface area contributed by atoms with E-state index in [0.29, 0.717) is 18.0 Å². The van der Waals surface area contributed by atoms with Gasteiger partial charge in [-0.25, -0.2) is 4.98 Å². The van der Waals surface area contributed by atoms with Crippen molar-refractivity contribution < 1.29 is 14.3 Å². The minimum absolute atomic E-state index is 0.0545. The van der Waals surface area contributed by atoms with Crippen LogP contribution in [0, 0.1) is 13.8 Å². The average molecular weight is 360 g/mol. The number of aromatic nitrogens is 4. The third-order valence-corrected chi connectivity index (χ3v) is 3.85. The zero-order chi connectivity index (χ0) is 18.7. The summed E-state index contributed by atoms with van der Waals surface area (Å²) in [6.45, 7) is 4.35. The monoisotopic (exact) mass is 360 g/mol. The molecule has 0 unspecified atom stereocenters. The van der Waals surface area contributed by atoms with Crippen LogP contribution in [0.3, 0.4) is 0 Å². The minimum Gasteiger partial charge on any atom is -0.376 e. The second-order valence-electron chi connectivity index (χ2n) is 6.09. The molecule has 0 spiro atoms. The van der Waals surface area contributed by atoms with Crippen molar-refractivity contribution in [2.24, 2.45) is 0 Å². The summed E-state index contributed by atoms with van der Waals surface area (Å²) in [5, 5.41) is 9.24. The maximum absolute atomic E-state index is 12.1. The Balaban J connectivity index is 1.72. The summed E-state index contributed by atoms with van der Waals surface area (Å²) in [6, 6.07) is 2.92. The zero-order valence-electron chi connectivity index (χ0n) is 14.5. The first-order valence-electron chi connectivity index (χ1n) is 8.28. The number of carbonyl (C=O) groups is 2. The van der Waals surface area contributed by atoms with Gasteiger partial charge in [0, 0.05) is 31.0 Å². The van der Waals surface area contributed by atoms with E-state index in [0.717, 1.165) is 12.8 Å². The summed E-state index contributed by atoms with van der Waals surface area (Å²) in [6.07, 6.45) is 1.76. The maximum Gasteiger partial charge on any atom is 0.314 e. The zero-order valence-corrected chi connectivity index (χ0v) is 14.5. The number of carbonyl (C=O) groups excluding carboxylic acids is 2. The van der Waals surface area contributed by atoms with E-state index in [2.05, 4.69) is 25.7 Å². The molecular weight excluding hydrogens is 340 g/mol. The lowest BCUT2D eigenvalue weighted by Crippen LogP contribution is -2.39. The van der Waals surface area contributed by atoms with Gasteiger partial charge in [-0.1, -0.05) is 0 Å². The topological polar surface area (TPSA) is 131 Å². The molecule has 10 heteroatoms. The molecule has 2 aromatic heterocycles. The Labute approximate surface area is 149 Å². The number of nitrogens with zero attached hydrogens (tertiary/aromatic N) is 3. The van der Waals surface area contributed by atoms with E-state index in [4.69, 9.17) is 4.74 Å². The molecule has 10 nitrogen and oxygen atoms in total. The standard InChI is InChI=1S/C16H20N6O4/c1-9-7-13(23)20-16(18-9)22-12(6-10(2)21-22)19-15(25)14(24)17-8-11-4-3-5-26-11/h6-7,11H,3-5,8H2,1-2H3,(H,17,24)(H,19,25)(H,18,20,23)/t11-/m0/s1. The van der Waals surface area contributed by atoms with Crippen molar-refractivity contribution in [1.82, 2.24) is 25.1 Å². The molecule has 3 heterocycles. The van der Waals surface area contributed by atoms with Crippen molar-refractivity contribution >= 4 is 17.6 Å². The molecule has 0 aromatic carbocycles. The number of hydrogen-bond donors (Lipinski definition) is 3. The number of ether oxygens (including phenoxy) is 1. The van der Waals surface area contributed by atoms with Gasteiger partial charge in [0.25, 0.3) is 5.56 Å². The first-order valence-corrected chi connectivity index (χ1v) is 8.28. The van der Waals surface area contributed by atoms with E-state index in [1.165, 1.54) is 10.7 Å². The second kappa shape index (κ2) is 7.48. The fourth-order valence-corrected chi connectivity index (χ4v) is 2.68. The number of hydrogen-bond acceptors (Lipinski definition) is 6. The van der Waals surface area contributed by atoms with Gasteiger partial charge in [0.05, 0.1) is 11.8 Å². The van der Waals surface area contributed by atoms with E-state index >= 15 is 0 Å². The van der Waals surface area contributed by atoms with Crippen molar-refractivity contribution in [3.05, 3.63) is 33.9 Å². The number of amides is 2. The third-order valence-electron chi connectivity index (χ3n) is 3.85. The molecule has 3 N–H and O–H groups in total. The van der Waals surface area contributed by atoms with Crippen LogP contribution >= 0.6 is 0 Å². The highest BCUT2D eigenvalue weighted by atomic mass is 16.5. The highest BCUT2D eigenvalue weighted by Gasteiger charge is 2.21. The Morgan fingerprint density at radius 2 is 2.12 bits per heavy atom. The first-order chi connectivity index (χ1) is 12.4. The van der Waals surface area contributed by atoms with Gasteiger partial charge < -0.3 is 15.4 Å². The third kappa shape index (κ3) is 4.14. The van der Waals surface area contributed by atoms with Crippen LogP contribution in [0.25, 0.3) is 5.95 Å². The molecule has 1 atom stereocenters. The van der Waals surface area contributed by atoms with Crippen LogP contribution in [0.4, 0.5) is 5.82 Å². The molecule has 1 aliphatic heterocycles. The normalized spacial score (nSPS) is 16.5. The summed E-state index contributed by atoms with van der Waals surface area (Å²) in [7, 11) is 0. The molecular formula is C16H20N6O4. The molecule has 26 heavy (non-hydrogen) atoms. The van der Waals surface area contributed by atoms with Gasteiger partial charge in [-0.3, -0.25) is 19.4 Å². The van der Waals surface area contributed by atoms with E-state index in [-0.39, 0.29) is 30.0 Å². The van der Waals surface area contributed by atoms with Crippen LogP contribution in [0.15, 0.2) is 16.9 Å². The summed E-state index contributed by atoms with van der Waals surface area (Å²) in [5.41, 5.74) is 0.750. The maximum atomic E-state index is 12.1.